The minimum atomic E-state index is -0.321. The molecule has 6 nitrogen and oxygen atoms in total. The molecule has 3 aromatic rings. The van der Waals surface area contributed by atoms with Crippen molar-refractivity contribution in [3.63, 3.8) is 0 Å². The quantitative estimate of drug-likeness (QED) is 0.444. The number of benzene rings is 2. The Morgan fingerprint density at radius 1 is 0.966 bits per heavy atom. The zero-order valence-corrected chi connectivity index (χ0v) is 16.6. The molecule has 0 spiro atoms. The number of rotatable bonds is 8. The monoisotopic (exact) mass is 388 g/mol. The number of Topliss-reactive ketones (excluding diaryl/α,β-unsaturated/α-hetero) is 1. The molecule has 0 aliphatic heterocycles. The zero-order valence-electron chi connectivity index (χ0n) is 16.6. The molecule has 0 saturated carbocycles. The lowest BCUT2D eigenvalue weighted by Gasteiger charge is -2.09. The van der Waals surface area contributed by atoms with E-state index in [9.17, 15) is 9.59 Å². The van der Waals surface area contributed by atoms with Crippen LogP contribution in [0.4, 0.5) is 11.5 Å². The van der Waals surface area contributed by atoms with Gasteiger partial charge in [-0.15, -0.1) is 0 Å². The SMILES string of the molecule is CC(=O)c1ccc(NC(=O)c2cc(NCCCc3ccccc3)nc(C)n2)cc1. The first-order valence-corrected chi connectivity index (χ1v) is 9.57. The van der Waals surface area contributed by atoms with Crippen molar-refractivity contribution in [2.75, 3.05) is 17.2 Å². The molecule has 0 saturated heterocycles. The van der Waals surface area contributed by atoms with Gasteiger partial charge in [-0.05, 0) is 56.5 Å². The second kappa shape index (κ2) is 9.59. The molecule has 0 fully saturated rings. The fraction of sp³-hybridized carbons (Fsp3) is 0.217. The summed E-state index contributed by atoms with van der Waals surface area (Å²) in [7, 11) is 0. The molecule has 0 radical (unpaired) electrons. The molecule has 29 heavy (non-hydrogen) atoms. The molecule has 0 unspecified atom stereocenters. The van der Waals surface area contributed by atoms with Crippen molar-refractivity contribution in [1.82, 2.24) is 9.97 Å². The van der Waals surface area contributed by atoms with E-state index in [0.717, 1.165) is 19.4 Å². The van der Waals surface area contributed by atoms with Crippen LogP contribution in [-0.4, -0.2) is 28.2 Å². The second-order valence-electron chi connectivity index (χ2n) is 6.79. The molecule has 1 heterocycles. The maximum atomic E-state index is 12.6. The van der Waals surface area contributed by atoms with Gasteiger partial charge in [-0.25, -0.2) is 9.97 Å². The average Bonchev–Trinajstić information content (AvgIpc) is 2.72. The largest absolute Gasteiger partial charge is 0.370 e. The first kappa shape index (κ1) is 20.2. The average molecular weight is 388 g/mol. The Balaban J connectivity index is 1.58. The van der Waals surface area contributed by atoms with Gasteiger partial charge in [0.1, 0.15) is 17.3 Å². The van der Waals surface area contributed by atoms with E-state index in [2.05, 4.69) is 32.7 Å². The van der Waals surface area contributed by atoms with E-state index in [1.807, 2.05) is 18.2 Å². The molecule has 148 valence electrons. The number of aryl methyl sites for hydroxylation is 2. The second-order valence-corrected chi connectivity index (χ2v) is 6.79. The van der Waals surface area contributed by atoms with Crippen LogP contribution in [0, 0.1) is 6.92 Å². The van der Waals surface area contributed by atoms with E-state index in [0.29, 0.717) is 28.6 Å². The van der Waals surface area contributed by atoms with E-state index < -0.39 is 0 Å². The Bertz CT molecular complexity index is 986. The van der Waals surface area contributed by atoms with Gasteiger partial charge >= 0.3 is 0 Å². The molecule has 1 aromatic heterocycles. The summed E-state index contributed by atoms with van der Waals surface area (Å²) >= 11 is 0. The molecule has 2 N–H and O–H groups in total. The van der Waals surface area contributed by atoms with Gasteiger partial charge in [-0.1, -0.05) is 30.3 Å². The predicted octanol–water partition coefficient (Wildman–Crippen LogP) is 4.28. The number of amides is 1. The fourth-order valence-electron chi connectivity index (χ4n) is 2.91. The third-order valence-corrected chi connectivity index (χ3v) is 4.41. The van der Waals surface area contributed by atoms with Crippen LogP contribution < -0.4 is 10.6 Å². The van der Waals surface area contributed by atoms with Crippen molar-refractivity contribution in [3.05, 3.63) is 83.3 Å². The zero-order chi connectivity index (χ0) is 20.6. The highest BCUT2D eigenvalue weighted by Crippen LogP contribution is 2.13. The maximum absolute atomic E-state index is 12.6. The number of carbonyl (C=O) groups is 2. The molecular formula is C23H24N4O2. The number of carbonyl (C=O) groups excluding carboxylic acids is 2. The first-order valence-electron chi connectivity index (χ1n) is 9.57. The number of nitrogens with zero attached hydrogens (tertiary/aromatic N) is 2. The van der Waals surface area contributed by atoms with E-state index in [1.54, 1.807) is 37.3 Å². The van der Waals surface area contributed by atoms with E-state index in [-0.39, 0.29) is 11.7 Å². The van der Waals surface area contributed by atoms with Gasteiger partial charge in [0.25, 0.3) is 5.91 Å². The minimum Gasteiger partial charge on any atom is -0.370 e. The van der Waals surface area contributed by atoms with Gasteiger partial charge in [0.2, 0.25) is 0 Å². The summed E-state index contributed by atoms with van der Waals surface area (Å²) < 4.78 is 0. The normalized spacial score (nSPS) is 10.4. The number of ketones is 1. The number of anilines is 2. The summed E-state index contributed by atoms with van der Waals surface area (Å²) in [5, 5.41) is 6.07. The van der Waals surface area contributed by atoms with Crippen molar-refractivity contribution < 1.29 is 9.59 Å². The molecule has 0 bridgehead atoms. The van der Waals surface area contributed by atoms with Crippen molar-refractivity contribution in [3.8, 4) is 0 Å². The van der Waals surface area contributed by atoms with Gasteiger partial charge in [-0.3, -0.25) is 9.59 Å². The molecule has 0 aliphatic rings. The molecule has 0 atom stereocenters. The van der Waals surface area contributed by atoms with Crippen LogP contribution in [-0.2, 0) is 6.42 Å². The number of hydrogen-bond donors (Lipinski definition) is 2. The summed E-state index contributed by atoms with van der Waals surface area (Å²) in [5.41, 5.74) is 2.79. The van der Waals surface area contributed by atoms with Gasteiger partial charge in [-0.2, -0.15) is 0 Å². The maximum Gasteiger partial charge on any atom is 0.274 e. The van der Waals surface area contributed by atoms with Gasteiger partial charge in [0, 0.05) is 23.9 Å². The Labute approximate surface area is 170 Å². The van der Waals surface area contributed by atoms with Gasteiger partial charge < -0.3 is 10.6 Å². The summed E-state index contributed by atoms with van der Waals surface area (Å²) in [6, 6.07) is 18.7. The van der Waals surface area contributed by atoms with Gasteiger partial charge in [0.15, 0.2) is 5.78 Å². The first-order chi connectivity index (χ1) is 14.0. The highest BCUT2D eigenvalue weighted by molar-refractivity contribution is 6.03. The molecule has 0 aliphatic carbocycles. The van der Waals surface area contributed by atoms with Crippen LogP contribution in [0.5, 0.6) is 0 Å². The predicted molar refractivity (Wildman–Crippen MR) is 114 cm³/mol. The summed E-state index contributed by atoms with van der Waals surface area (Å²) in [4.78, 5) is 32.5. The highest BCUT2D eigenvalue weighted by atomic mass is 16.2. The van der Waals surface area contributed by atoms with Crippen LogP contribution in [0.25, 0.3) is 0 Å². The van der Waals surface area contributed by atoms with Crippen LogP contribution in [0.3, 0.4) is 0 Å². The van der Waals surface area contributed by atoms with Crippen molar-refractivity contribution in [1.29, 1.82) is 0 Å². The Morgan fingerprint density at radius 2 is 1.69 bits per heavy atom. The molecule has 2 aromatic carbocycles. The van der Waals surface area contributed by atoms with Crippen molar-refractivity contribution in [2.45, 2.75) is 26.7 Å². The third kappa shape index (κ3) is 5.97. The summed E-state index contributed by atoms with van der Waals surface area (Å²) in [6.45, 7) is 4.01. The van der Waals surface area contributed by atoms with Crippen molar-refractivity contribution in [2.24, 2.45) is 0 Å². The van der Waals surface area contributed by atoms with Crippen LogP contribution in [0.15, 0.2) is 60.7 Å². The number of hydrogen-bond acceptors (Lipinski definition) is 5. The summed E-state index contributed by atoms with van der Waals surface area (Å²) in [5.74, 6) is 0.813. The Hall–Kier alpha value is -3.54. The van der Waals surface area contributed by atoms with E-state index >= 15 is 0 Å². The fourth-order valence-corrected chi connectivity index (χ4v) is 2.91. The van der Waals surface area contributed by atoms with Gasteiger partial charge in [0.05, 0.1) is 0 Å². The Kier molecular flexibility index (Phi) is 6.68. The van der Waals surface area contributed by atoms with Crippen molar-refractivity contribution >= 4 is 23.2 Å². The Morgan fingerprint density at radius 3 is 2.38 bits per heavy atom. The van der Waals surface area contributed by atoms with Crippen LogP contribution in [0.2, 0.25) is 0 Å². The lowest BCUT2D eigenvalue weighted by Crippen LogP contribution is -2.16. The third-order valence-electron chi connectivity index (χ3n) is 4.41. The standard InChI is InChI=1S/C23H24N4O2/c1-16(28)19-10-12-20(13-11-19)27-23(29)21-15-22(26-17(2)25-21)24-14-6-9-18-7-4-3-5-8-18/h3-5,7-8,10-13,15H,6,9,14H2,1-2H3,(H,27,29)(H,24,25,26). The van der Waals surface area contributed by atoms with E-state index in [4.69, 9.17) is 0 Å². The molecule has 6 heteroatoms. The highest BCUT2D eigenvalue weighted by Gasteiger charge is 2.11. The lowest BCUT2D eigenvalue weighted by atomic mass is 10.1. The molecule has 3 rings (SSSR count). The smallest absolute Gasteiger partial charge is 0.274 e. The lowest BCUT2D eigenvalue weighted by molar-refractivity contribution is 0.101. The number of nitrogens with one attached hydrogen (secondary N) is 2. The van der Waals surface area contributed by atoms with Crippen LogP contribution >= 0.6 is 0 Å². The topological polar surface area (TPSA) is 84.0 Å². The molecular weight excluding hydrogens is 364 g/mol. The number of aromatic nitrogens is 2. The summed E-state index contributed by atoms with van der Waals surface area (Å²) in [6.07, 6.45) is 1.93. The van der Waals surface area contributed by atoms with Crippen LogP contribution in [0.1, 0.15) is 45.6 Å². The van der Waals surface area contributed by atoms with E-state index in [1.165, 1.54) is 12.5 Å². The minimum absolute atomic E-state index is 0.0164. The molecule has 1 amide bonds.